The molecular weight excluding hydrogens is 699 g/mol. The van der Waals surface area contributed by atoms with Gasteiger partial charge in [-0.2, -0.15) is 0 Å². The molecule has 0 saturated carbocycles. The molecule has 0 saturated heterocycles. The summed E-state index contributed by atoms with van der Waals surface area (Å²) in [6, 6.07) is 65.5. The average Bonchev–Trinajstić information content (AvgIpc) is 3.95. The zero-order valence-electron chi connectivity index (χ0n) is 30.6. The molecule has 0 aliphatic rings. The Labute approximate surface area is 326 Å². The maximum atomic E-state index is 6.54. The van der Waals surface area contributed by atoms with E-state index in [9.17, 15) is 0 Å². The van der Waals surface area contributed by atoms with Crippen molar-refractivity contribution in [3.63, 3.8) is 0 Å². The van der Waals surface area contributed by atoms with Crippen LogP contribution < -0.4 is 0 Å². The smallest absolute Gasteiger partial charge is 0.160 e. The molecule has 12 aromatic rings. The maximum Gasteiger partial charge on any atom is 0.160 e. The molecule has 0 unspecified atom stereocenters. The summed E-state index contributed by atoms with van der Waals surface area (Å²) in [6.45, 7) is 0. The first-order chi connectivity index (χ1) is 28.2. The number of benzene rings is 8. The molecular formula is C52H31N3O2. The Balaban J connectivity index is 1.04. The highest BCUT2D eigenvalue weighted by Crippen LogP contribution is 2.41. The van der Waals surface area contributed by atoms with Gasteiger partial charge in [0.05, 0.1) is 22.4 Å². The molecule has 0 radical (unpaired) electrons. The third-order valence-corrected chi connectivity index (χ3v) is 11.2. The van der Waals surface area contributed by atoms with Gasteiger partial charge in [0.1, 0.15) is 22.3 Å². The molecule has 0 spiro atoms. The third kappa shape index (κ3) is 5.03. The highest BCUT2D eigenvalue weighted by molar-refractivity contribution is 6.14. The molecule has 0 N–H and O–H groups in total. The van der Waals surface area contributed by atoms with Crippen LogP contribution in [-0.4, -0.2) is 14.5 Å². The van der Waals surface area contributed by atoms with Gasteiger partial charge in [0, 0.05) is 54.7 Å². The van der Waals surface area contributed by atoms with Gasteiger partial charge in [0.2, 0.25) is 0 Å². The largest absolute Gasteiger partial charge is 0.456 e. The number of para-hydroxylation sites is 3. The molecule has 57 heavy (non-hydrogen) atoms. The van der Waals surface area contributed by atoms with Crippen LogP contribution >= 0.6 is 0 Å². The van der Waals surface area contributed by atoms with E-state index in [1.54, 1.807) is 0 Å². The van der Waals surface area contributed by atoms with Crippen molar-refractivity contribution in [1.29, 1.82) is 0 Å². The van der Waals surface area contributed by atoms with Gasteiger partial charge in [-0.1, -0.05) is 121 Å². The summed E-state index contributed by atoms with van der Waals surface area (Å²) in [7, 11) is 0. The molecule has 0 fully saturated rings. The van der Waals surface area contributed by atoms with Gasteiger partial charge in [0.15, 0.2) is 5.82 Å². The van der Waals surface area contributed by atoms with Crippen molar-refractivity contribution in [1.82, 2.24) is 14.5 Å². The van der Waals surface area contributed by atoms with Crippen molar-refractivity contribution >= 4 is 65.7 Å². The third-order valence-electron chi connectivity index (χ3n) is 11.2. The fraction of sp³-hybridized carbons (Fsp3) is 0. The minimum absolute atomic E-state index is 0.626. The van der Waals surface area contributed by atoms with E-state index in [0.29, 0.717) is 5.82 Å². The number of rotatable bonds is 5. The topological polar surface area (TPSA) is 57.0 Å². The van der Waals surface area contributed by atoms with Gasteiger partial charge in [-0.15, -0.1) is 0 Å². The number of hydrogen-bond donors (Lipinski definition) is 0. The van der Waals surface area contributed by atoms with Gasteiger partial charge in [-0.3, -0.25) is 0 Å². The van der Waals surface area contributed by atoms with Crippen LogP contribution in [-0.2, 0) is 0 Å². The maximum absolute atomic E-state index is 6.54. The second-order valence-electron chi connectivity index (χ2n) is 14.5. The summed E-state index contributed by atoms with van der Waals surface area (Å²) in [6.07, 6.45) is 0. The van der Waals surface area contributed by atoms with Crippen LogP contribution in [0.1, 0.15) is 0 Å². The van der Waals surface area contributed by atoms with Crippen LogP contribution in [0.2, 0.25) is 0 Å². The molecule has 0 aliphatic heterocycles. The molecule has 12 rings (SSSR count). The summed E-state index contributed by atoms with van der Waals surface area (Å²) < 4.78 is 15.2. The van der Waals surface area contributed by atoms with Gasteiger partial charge >= 0.3 is 0 Å². The van der Waals surface area contributed by atoms with Crippen molar-refractivity contribution in [2.75, 3.05) is 0 Å². The minimum atomic E-state index is 0.626. The fourth-order valence-electron chi connectivity index (χ4n) is 8.56. The van der Waals surface area contributed by atoms with E-state index < -0.39 is 0 Å². The van der Waals surface area contributed by atoms with Crippen LogP contribution in [0, 0.1) is 0 Å². The number of furan rings is 2. The highest BCUT2D eigenvalue weighted by Gasteiger charge is 2.19. The van der Waals surface area contributed by atoms with Crippen molar-refractivity contribution in [3.8, 4) is 50.7 Å². The zero-order chi connectivity index (χ0) is 37.5. The summed E-state index contributed by atoms with van der Waals surface area (Å²) >= 11 is 0. The average molecular weight is 730 g/mol. The van der Waals surface area contributed by atoms with E-state index in [0.717, 1.165) is 88.8 Å². The predicted octanol–water partition coefficient (Wildman–Crippen LogP) is 14.0. The lowest BCUT2D eigenvalue weighted by Gasteiger charge is -2.11. The van der Waals surface area contributed by atoms with Gasteiger partial charge in [-0.25, -0.2) is 9.97 Å². The lowest BCUT2D eigenvalue weighted by Crippen LogP contribution is -1.96. The second-order valence-corrected chi connectivity index (χ2v) is 14.5. The van der Waals surface area contributed by atoms with Crippen LogP contribution in [0.5, 0.6) is 0 Å². The van der Waals surface area contributed by atoms with E-state index in [2.05, 4.69) is 144 Å². The first-order valence-electron chi connectivity index (χ1n) is 19.1. The van der Waals surface area contributed by atoms with E-state index in [4.69, 9.17) is 18.8 Å². The Bertz CT molecular complexity index is 3520. The Morgan fingerprint density at radius 1 is 0.351 bits per heavy atom. The van der Waals surface area contributed by atoms with E-state index in [-0.39, 0.29) is 0 Å². The Kier molecular flexibility index (Phi) is 6.86. The molecule has 5 nitrogen and oxygen atoms in total. The molecule has 0 amide bonds. The normalized spacial score (nSPS) is 11.9. The first-order valence-corrected chi connectivity index (χ1v) is 19.1. The SMILES string of the molecule is c1ccc(-c2cc(-c3cccc4oc5ccc(-c6ccc7c8ccccc8n(-c8ccccc8)c7c6)cc5c34)nc(-c3ccc4c(c3)oc3ccccc34)n2)cc1. The van der Waals surface area contributed by atoms with Crippen molar-refractivity contribution in [2.45, 2.75) is 0 Å². The van der Waals surface area contributed by atoms with Gasteiger partial charge < -0.3 is 13.4 Å². The Hall–Kier alpha value is -7.76. The Morgan fingerprint density at radius 2 is 0.982 bits per heavy atom. The molecule has 266 valence electrons. The van der Waals surface area contributed by atoms with Crippen molar-refractivity contribution < 1.29 is 8.83 Å². The van der Waals surface area contributed by atoms with Crippen LogP contribution in [0.15, 0.2) is 197 Å². The molecule has 8 aromatic carbocycles. The fourth-order valence-corrected chi connectivity index (χ4v) is 8.56. The predicted molar refractivity (Wildman–Crippen MR) is 233 cm³/mol. The summed E-state index contributed by atoms with van der Waals surface area (Å²) in [4.78, 5) is 10.4. The van der Waals surface area contributed by atoms with Gasteiger partial charge in [0.25, 0.3) is 0 Å². The molecule has 0 aliphatic carbocycles. The second kappa shape index (κ2) is 12.4. The van der Waals surface area contributed by atoms with E-state index in [1.165, 1.54) is 21.8 Å². The number of hydrogen-bond acceptors (Lipinski definition) is 4. The van der Waals surface area contributed by atoms with Crippen molar-refractivity contribution in [3.05, 3.63) is 188 Å². The number of aromatic nitrogens is 3. The first kappa shape index (κ1) is 31.6. The number of fused-ring (bicyclic) bond motifs is 9. The summed E-state index contributed by atoms with van der Waals surface area (Å²) in [5.74, 6) is 0.626. The lowest BCUT2D eigenvalue weighted by molar-refractivity contribution is 0.668. The quantitative estimate of drug-likeness (QED) is 0.177. The lowest BCUT2D eigenvalue weighted by atomic mass is 9.98. The molecule has 0 atom stereocenters. The summed E-state index contributed by atoms with van der Waals surface area (Å²) in [5, 5.41) is 6.68. The number of nitrogens with zero attached hydrogens (tertiary/aromatic N) is 3. The van der Waals surface area contributed by atoms with Crippen molar-refractivity contribution in [2.24, 2.45) is 0 Å². The highest BCUT2D eigenvalue weighted by atomic mass is 16.3. The molecule has 5 heteroatoms. The molecule has 4 heterocycles. The van der Waals surface area contributed by atoms with Crippen LogP contribution in [0.3, 0.4) is 0 Å². The van der Waals surface area contributed by atoms with E-state index >= 15 is 0 Å². The monoisotopic (exact) mass is 729 g/mol. The molecule has 4 aromatic heterocycles. The van der Waals surface area contributed by atoms with Crippen LogP contribution in [0.25, 0.3) is 116 Å². The standard InChI is InChI=1S/C52H31N3O2/c1-3-12-32(13-4-1)43-31-44(54-52(53-43)35-23-26-40-39-17-8-10-20-47(39)57-50(40)30-35)41-18-11-21-49-51(41)42-28-33(24-27-48(42)56-49)34-22-25-38-37-16-7-9-19-45(37)55(46(38)29-34)36-14-5-2-6-15-36/h1-31H. The summed E-state index contributed by atoms with van der Waals surface area (Å²) in [5.41, 5.74) is 13.6. The molecule has 0 bridgehead atoms. The minimum Gasteiger partial charge on any atom is -0.456 e. The van der Waals surface area contributed by atoms with E-state index in [1.807, 2.05) is 48.5 Å². The van der Waals surface area contributed by atoms with Crippen LogP contribution in [0.4, 0.5) is 0 Å². The zero-order valence-corrected chi connectivity index (χ0v) is 30.6. The van der Waals surface area contributed by atoms with Gasteiger partial charge in [-0.05, 0) is 77.9 Å². The Morgan fingerprint density at radius 3 is 1.88 bits per heavy atom.